The SMILES string of the molecule is C[C@@H](Cc1cccs1)N(C)S(=O)(=O)c1cccnc1. The Morgan fingerprint density at radius 2 is 2.16 bits per heavy atom. The van der Waals surface area contributed by atoms with Crippen molar-refractivity contribution >= 4 is 21.4 Å². The first-order chi connectivity index (χ1) is 9.01. The largest absolute Gasteiger partial charge is 0.263 e. The molecule has 2 aromatic heterocycles. The molecule has 19 heavy (non-hydrogen) atoms. The molecular weight excluding hydrogens is 280 g/mol. The van der Waals surface area contributed by atoms with Crippen molar-refractivity contribution in [3.8, 4) is 0 Å². The Hall–Kier alpha value is -1.24. The van der Waals surface area contributed by atoms with Gasteiger partial charge in [0, 0.05) is 30.4 Å². The fraction of sp³-hybridized carbons (Fsp3) is 0.308. The standard InChI is InChI=1S/C13H16N2O2S2/c1-11(9-12-5-4-8-18-12)15(2)19(16,17)13-6-3-7-14-10-13/h3-8,10-11H,9H2,1-2H3/t11-/m0/s1. The van der Waals surface area contributed by atoms with Crippen LogP contribution in [0.2, 0.25) is 0 Å². The maximum absolute atomic E-state index is 12.4. The molecular formula is C13H16N2O2S2. The van der Waals surface area contributed by atoms with Gasteiger partial charge in [0.2, 0.25) is 10.0 Å². The molecule has 0 amide bonds. The van der Waals surface area contributed by atoms with E-state index in [9.17, 15) is 8.42 Å². The molecule has 6 heteroatoms. The molecule has 0 N–H and O–H groups in total. The van der Waals surface area contributed by atoms with Crippen LogP contribution in [0.1, 0.15) is 11.8 Å². The van der Waals surface area contributed by atoms with Gasteiger partial charge in [-0.25, -0.2) is 8.42 Å². The average Bonchev–Trinajstić information content (AvgIpc) is 2.91. The summed E-state index contributed by atoms with van der Waals surface area (Å²) in [5.74, 6) is 0. The van der Waals surface area contributed by atoms with Gasteiger partial charge in [-0.05, 0) is 36.9 Å². The summed E-state index contributed by atoms with van der Waals surface area (Å²) in [4.78, 5) is 5.28. The first-order valence-electron chi connectivity index (χ1n) is 5.92. The summed E-state index contributed by atoms with van der Waals surface area (Å²) in [5, 5.41) is 2.00. The molecule has 4 nitrogen and oxygen atoms in total. The third-order valence-electron chi connectivity index (χ3n) is 3.01. The highest BCUT2D eigenvalue weighted by Gasteiger charge is 2.25. The van der Waals surface area contributed by atoms with Crippen molar-refractivity contribution in [2.75, 3.05) is 7.05 Å². The van der Waals surface area contributed by atoms with E-state index >= 15 is 0 Å². The molecule has 0 bridgehead atoms. The number of aromatic nitrogens is 1. The number of rotatable bonds is 5. The minimum atomic E-state index is -3.47. The van der Waals surface area contributed by atoms with E-state index in [4.69, 9.17) is 0 Å². The summed E-state index contributed by atoms with van der Waals surface area (Å²) in [6, 6.07) is 7.10. The molecule has 0 unspecified atom stereocenters. The molecule has 0 saturated carbocycles. The van der Waals surface area contributed by atoms with Crippen molar-refractivity contribution in [1.29, 1.82) is 0 Å². The van der Waals surface area contributed by atoms with Gasteiger partial charge in [-0.2, -0.15) is 4.31 Å². The molecule has 0 saturated heterocycles. The van der Waals surface area contributed by atoms with Gasteiger partial charge in [0.1, 0.15) is 4.90 Å². The number of nitrogens with zero attached hydrogens (tertiary/aromatic N) is 2. The Morgan fingerprint density at radius 1 is 1.37 bits per heavy atom. The van der Waals surface area contributed by atoms with Crippen molar-refractivity contribution in [2.45, 2.75) is 24.3 Å². The predicted molar refractivity (Wildman–Crippen MR) is 76.7 cm³/mol. The highest BCUT2D eigenvalue weighted by Crippen LogP contribution is 2.19. The van der Waals surface area contributed by atoms with Gasteiger partial charge >= 0.3 is 0 Å². The molecule has 2 rings (SSSR count). The zero-order valence-electron chi connectivity index (χ0n) is 10.9. The molecule has 2 heterocycles. The minimum Gasteiger partial charge on any atom is -0.263 e. The van der Waals surface area contributed by atoms with E-state index in [1.54, 1.807) is 36.7 Å². The van der Waals surface area contributed by atoms with E-state index in [-0.39, 0.29) is 10.9 Å². The second kappa shape index (κ2) is 5.81. The fourth-order valence-corrected chi connectivity index (χ4v) is 3.90. The number of sulfonamides is 1. The van der Waals surface area contributed by atoms with Gasteiger partial charge in [0.05, 0.1) is 0 Å². The van der Waals surface area contributed by atoms with Crippen LogP contribution >= 0.6 is 11.3 Å². The van der Waals surface area contributed by atoms with Crippen LogP contribution < -0.4 is 0 Å². The Labute approximate surface area is 117 Å². The quantitative estimate of drug-likeness (QED) is 0.851. The maximum atomic E-state index is 12.4. The van der Waals surface area contributed by atoms with Crippen LogP contribution in [0.4, 0.5) is 0 Å². The molecule has 2 aromatic rings. The number of hydrogen-bond acceptors (Lipinski definition) is 4. The number of hydrogen-bond donors (Lipinski definition) is 0. The zero-order chi connectivity index (χ0) is 13.9. The summed E-state index contributed by atoms with van der Waals surface area (Å²) >= 11 is 1.64. The fourth-order valence-electron chi connectivity index (χ4n) is 1.75. The molecule has 0 aliphatic rings. The van der Waals surface area contributed by atoms with E-state index in [2.05, 4.69) is 4.98 Å². The minimum absolute atomic E-state index is 0.0937. The van der Waals surface area contributed by atoms with Crippen molar-refractivity contribution in [1.82, 2.24) is 9.29 Å². The topological polar surface area (TPSA) is 50.3 Å². The monoisotopic (exact) mass is 296 g/mol. The summed E-state index contributed by atoms with van der Waals surface area (Å²) in [6.45, 7) is 1.91. The van der Waals surface area contributed by atoms with Gasteiger partial charge in [-0.15, -0.1) is 11.3 Å². The maximum Gasteiger partial charge on any atom is 0.244 e. The van der Waals surface area contributed by atoms with Crippen LogP contribution in [-0.2, 0) is 16.4 Å². The first kappa shape index (κ1) is 14.2. The molecule has 0 aliphatic carbocycles. The van der Waals surface area contributed by atoms with Crippen LogP contribution in [0.5, 0.6) is 0 Å². The molecule has 0 fully saturated rings. The van der Waals surface area contributed by atoms with Crippen LogP contribution in [0.15, 0.2) is 46.9 Å². The molecule has 1 atom stereocenters. The van der Waals surface area contributed by atoms with Crippen LogP contribution in [-0.4, -0.2) is 30.8 Å². The predicted octanol–water partition coefficient (Wildman–Crippen LogP) is 2.39. The van der Waals surface area contributed by atoms with E-state index in [1.165, 1.54) is 15.4 Å². The summed E-state index contributed by atoms with van der Waals surface area (Å²) in [5.41, 5.74) is 0. The lowest BCUT2D eigenvalue weighted by Gasteiger charge is -2.23. The van der Waals surface area contributed by atoms with E-state index in [0.29, 0.717) is 6.42 Å². The summed E-state index contributed by atoms with van der Waals surface area (Å²) in [6.07, 6.45) is 3.66. The Balaban J connectivity index is 2.16. The Kier molecular flexibility index (Phi) is 4.34. The number of pyridine rings is 1. The third kappa shape index (κ3) is 3.20. The molecule has 0 aliphatic heterocycles. The Morgan fingerprint density at radius 3 is 2.74 bits per heavy atom. The smallest absolute Gasteiger partial charge is 0.244 e. The highest BCUT2D eigenvalue weighted by molar-refractivity contribution is 7.89. The van der Waals surface area contributed by atoms with Gasteiger partial charge in [0.25, 0.3) is 0 Å². The summed E-state index contributed by atoms with van der Waals surface area (Å²) < 4.78 is 26.2. The van der Waals surface area contributed by atoms with E-state index < -0.39 is 10.0 Å². The molecule has 102 valence electrons. The summed E-state index contributed by atoms with van der Waals surface area (Å²) in [7, 11) is -1.85. The van der Waals surface area contributed by atoms with Crippen molar-refractivity contribution in [3.63, 3.8) is 0 Å². The van der Waals surface area contributed by atoms with Crippen molar-refractivity contribution < 1.29 is 8.42 Å². The first-order valence-corrected chi connectivity index (χ1v) is 8.24. The van der Waals surface area contributed by atoms with Gasteiger partial charge in [-0.3, -0.25) is 4.98 Å². The number of thiophene rings is 1. The lowest BCUT2D eigenvalue weighted by molar-refractivity contribution is 0.388. The zero-order valence-corrected chi connectivity index (χ0v) is 12.5. The third-order valence-corrected chi connectivity index (χ3v) is 5.86. The molecule has 0 aromatic carbocycles. The second-order valence-electron chi connectivity index (χ2n) is 4.34. The van der Waals surface area contributed by atoms with Crippen LogP contribution in [0.3, 0.4) is 0 Å². The van der Waals surface area contributed by atoms with Crippen molar-refractivity contribution in [3.05, 3.63) is 46.9 Å². The van der Waals surface area contributed by atoms with Crippen LogP contribution in [0, 0.1) is 0 Å². The number of likely N-dealkylation sites (N-methyl/N-ethyl adjacent to an activating group) is 1. The average molecular weight is 296 g/mol. The van der Waals surface area contributed by atoms with E-state index in [0.717, 1.165) is 0 Å². The van der Waals surface area contributed by atoms with Gasteiger partial charge in [0.15, 0.2) is 0 Å². The Bertz CT molecular complexity index is 609. The second-order valence-corrected chi connectivity index (χ2v) is 7.37. The normalized spacial score (nSPS) is 13.6. The van der Waals surface area contributed by atoms with Gasteiger partial charge < -0.3 is 0 Å². The van der Waals surface area contributed by atoms with Crippen molar-refractivity contribution in [2.24, 2.45) is 0 Å². The van der Waals surface area contributed by atoms with Crippen LogP contribution in [0.25, 0.3) is 0 Å². The lowest BCUT2D eigenvalue weighted by Crippen LogP contribution is -2.36. The van der Waals surface area contributed by atoms with E-state index in [1.807, 2.05) is 24.4 Å². The highest BCUT2D eigenvalue weighted by atomic mass is 32.2. The van der Waals surface area contributed by atoms with Gasteiger partial charge in [-0.1, -0.05) is 6.07 Å². The lowest BCUT2D eigenvalue weighted by atomic mass is 10.2. The molecule has 0 spiro atoms. The molecule has 0 radical (unpaired) electrons.